The number of anilines is 1. The molecular formula is C10H9NO4. The zero-order chi connectivity index (χ0) is 11.0. The second-order valence-electron chi connectivity index (χ2n) is 2.98. The van der Waals surface area contributed by atoms with Gasteiger partial charge < -0.3 is 20.0 Å². The summed E-state index contributed by atoms with van der Waals surface area (Å²) in [5.74, 6) is -0.943. The van der Waals surface area contributed by atoms with E-state index in [1.54, 1.807) is 18.2 Å². The highest BCUT2D eigenvalue weighted by Gasteiger charge is 2.19. The van der Waals surface area contributed by atoms with Crippen molar-refractivity contribution in [3.63, 3.8) is 0 Å². The second-order valence-corrected chi connectivity index (χ2v) is 2.98. The molecule has 0 saturated carbocycles. The first-order valence-electron chi connectivity index (χ1n) is 4.23. The van der Waals surface area contributed by atoms with Crippen molar-refractivity contribution in [2.24, 2.45) is 0 Å². The summed E-state index contributed by atoms with van der Waals surface area (Å²) in [6.45, 7) is 0. The van der Waals surface area contributed by atoms with Gasteiger partial charge in [0.1, 0.15) is 11.3 Å². The number of carboxylic acid groups (broad SMARTS) is 1. The van der Waals surface area contributed by atoms with Gasteiger partial charge in [0.15, 0.2) is 0 Å². The number of ether oxygens (including phenoxy) is 1. The average molecular weight is 207 g/mol. The molecule has 3 N–H and O–H groups in total. The summed E-state index contributed by atoms with van der Waals surface area (Å²) >= 11 is 0. The number of nitrogens with two attached hydrogens (primary N) is 1. The third-order valence-corrected chi connectivity index (χ3v) is 2.13. The van der Waals surface area contributed by atoms with E-state index < -0.39 is 5.97 Å². The minimum Gasteiger partial charge on any atom is -0.496 e. The Balaban J connectivity index is 2.82. The van der Waals surface area contributed by atoms with Crippen LogP contribution in [0.1, 0.15) is 10.6 Å². The summed E-state index contributed by atoms with van der Waals surface area (Å²) in [5.41, 5.74) is 6.16. The Labute approximate surface area is 85.0 Å². The van der Waals surface area contributed by atoms with Gasteiger partial charge in [0.2, 0.25) is 5.76 Å². The number of fused-ring (bicyclic) bond motifs is 1. The van der Waals surface area contributed by atoms with Crippen molar-refractivity contribution in [2.75, 3.05) is 12.8 Å². The normalized spacial score (nSPS) is 10.5. The fourth-order valence-electron chi connectivity index (χ4n) is 1.47. The summed E-state index contributed by atoms with van der Waals surface area (Å²) in [7, 11) is 1.49. The number of furan rings is 1. The summed E-state index contributed by atoms with van der Waals surface area (Å²) in [6.07, 6.45) is 0. The molecule has 0 saturated heterocycles. The van der Waals surface area contributed by atoms with Crippen LogP contribution in [0.3, 0.4) is 0 Å². The molecule has 1 aromatic carbocycles. The van der Waals surface area contributed by atoms with Gasteiger partial charge in [-0.1, -0.05) is 6.07 Å². The van der Waals surface area contributed by atoms with Crippen molar-refractivity contribution in [1.29, 1.82) is 0 Å². The van der Waals surface area contributed by atoms with Gasteiger partial charge in [-0.25, -0.2) is 4.79 Å². The van der Waals surface area contributed by atoms with E-state index >= 15 is 0 Å². The number of carbonyl (C=O) groups is 1. The smallest absolute Gasteiger partial charge is 0.374 e. The Morgan fingerprint density at radius 3 is 2.87 bits per heavy atom. The van der Waals surface area contributed by atoms with Crippen LogP contribution in [0.15, 0.2) is 22.6 Å². The number of hydrogen-bond donors (Lipinski definition) is 2. The Hall–Kier alpha value is -2.17. The molecule has 0 amide bonds. The zero-order valence-electron chi connectivity index (χ0n) is 7.98. The molecular weight excluding hydrogens is 198 g/mol. The molecule has 0 aliphatic rings. The summed E-state index contributed by atoms with van der Waals surface area (Å²) in [4.78, 5) is 10.8. The fourth-order valence-corrected chi connectivity index (χ4v) is 1.47. The van der Waals surface area contributed by atoms with Gasteiger partial charge in [-0.05, 0) is 12.1 Å². The van der Waals surface area contributed by atoms with Gasteiger partial charge in [-0.15, -0.1) is 0 Å². The van der Waals surface area contributed by atoms with Crippen LogP contribution in [0.2, 0.25) is 0 Å². The highest BCUT2D eigenvalue weighted by atomic mass is 16.5. The van der Waals surface area contributed by atoms with E-state index in [0.717, 1.165) is 0 Å². The molecule has 0 aliphatic heterocycles. The SMILES string of the molecule is COc1cccc2oc(C(=O)O)c(N)c12. The van der Waals surface area contributed by atoms with E-state index in [4.69, 9.17) is 20.0 Å². The van der Waals surface area contributed by atoms with Crippen molar-refractivity contribution >= 4 is 22.6 Å². The van der Waals surface area contributed by atoms with Gasteiger partial charge in [-0.2, -0.15) is 0 Å². The van der Waals surface area contributed by atoms with Crippen LogP contribution in [0.4, 0.5) is 5.69 Å². The molecule has 15 heavy (non-hydrogen) atoms. The molecule has 1 heterocycles. The van der Waals surface area contributed by atoms with Crippen molar-refractivity contribution in [3.05, 3.63) is 24.0 Å². The van der Waals surface area contributed by atoms with E-state index in [1.165, 1.54) is 7.11 Å². The van der Waals surface area contributed by atoms with Gasteiger partial charge >= 0.3 is 5.97 Å². The van der Waals surface area contributed by atoms with E-state index in [1.807, 2.05) is 0 Å². The number of rotatable bonds is 2. The molecule has 1 aromatic heterocycles. The number of aromatic carboxylic acids is 1. The minimum absolute atomic E-state index is 0.0925. The lowest BCUT2D eigenvalue weighted by molar-refractivity contribution is 0.0666. The highest BCUT2D eigenvalue weighted by molar-refractivity contribution is 6.05. The molecule has 78 valence electrons. The molecule has 2 aromatic rings. The average Bonchev–Trinajstić information content (AvgIpc) is 2.56. The predicted molar refractivity (Wildman–Crippen MR) is 54.1 cm³/mol. The Morgan fingerprint density at radius 1 is 1.53 bits per heavy atom. The predicted octanol–water partition coefficient (Wildman–Crippen LogP) is 1.72. The monoisotopic (exact) mass is 207 g/mol. The summed E-state index contributed by atoms with van der Waals surface area (Å²) in [6, 6.07) is 5.04. The Bertz CT molecular complexity index is 529. The molecule has 0 aliphatic carbocycles. The van der Waals surface area contributed by atoms with Crippen molar-refractivity contribution in [1.82, 2.24) is 0 Å². The largest absolute Gasteiger partial charge is 0.496 e. The molecule has 0 fully saturated rings. The van der Waals surface area contributed by atoms with Gasteiger partial charge in [0, 0.05) is 0 Å². The topological polar surface area (TPSA) is 85.7 Å². The van der Waals surface area contributed by atoms with Gasteiger partial charge in [-0.3, -0.25) is 0 Å². The van der Waals surface area contributed by atoms with Crippen molar-refractivity contribution in [3.8, 4) is 5.75 Å². The highest BCUT2D eigenvalue weighted by Crippen LogP contribution is 2.35. The Kier molecular flexibility index (Phi) is 2.00. The maximum absolute atomic E-state index is 10.8. The number of nitrogen functional groups attached to an aromatic ring is 1. The molecule has 0 atom stereocenters. The number of hydrogen-bond acceptors (Lipinski definition) is 4. The number of carboxylic acids is 1. The lowest BCUT2D eigenvalue weighted by atomic mass is 10.2. The molecule has 0 unspecified atom stereocenters. The van der Waals surface area contributed by atoms with Crippen LogP contribution in [0.5, 0.6) is 5.75 Å². The van der Waals surface area contributed by atoms with Crippen LogP contribution in [0, 0.1) is 0 Å². The molecule has 2 rings (SSSR count). The third-order valence-electron chi connectivity index (χ3n) is 2.13. The second kappa shape index (κ2) is 3.20. The maximum atomic E-state index is 10.8. The van der Waals surface area contributed by atoms with Crippen molar-refractivity contribution in [2.45, 2.75) is 0 Å². The first-order valence-corrected chi connectivity index (χ1v) is 4.23. The summed E-state index contributed by atoms with van der Waals surface area (Å²) < 4.78 is 10.2. The molecule has 5 nitrogen and oxygen atoms in total. The van der Waals surface area contributed by atoms with E-state index in [2.05, 4.69) is 0 Å². The van der Waals surface area contributed by atoms with Crippen LogP contribution in [-0.2, 0) is 0 Å². The quantitative estimate of drug-likeness (QED) is 0.783. The van der Waals surface area contributed by atoms with Crippen LogP contribution in [-0.4, -0.2) is 18.2 Å². The van der Waals surface area contributed by atoms with E-state index in [9.17, 15) is 4.79 Å². The standard InChI is InChI=1S/C10H9NO4/c1-14-5-3-2-4-6-7(5)8(11)9(15-6)10(12)13/h2-4H,11H2,1H3,(H,12,13). The fraction of sp³-hybridized carbons (Fsp3) is 0.100. The minimum atomic E-state index is -1.19. The van der Waals surface area contributed by atoms with E-state index in [0.29, 0.717) is 16.7 Å². The lowest BCUT2D eigenvalue weighted by Crippen LogP contribution is -1.98. The molecule has 0 radical (unpaired) electrons. The first-order chi connectivity index (χ1) is 7.15. The number of benzene rings is 1. The van der Waals surface area contributed by atoms with Crippen LogP contribution >= 0.6 is 0 Å². The van der Waals surface area contributed by atoms with Crippen molar-refractivity contribution < 1.29 is 19.1 Å². The van der Waals surface area contributed by atoms with E-state index in [-0.39, 0.29) is 11.4 Å². The zero-order valence-corrected chi connectivity index (χ0v) is 7.98. The third kappa shape index (κ3) is 1.28. The Morgan fingerprint density at radius 2 is 2.27 bits per heavy atom. The first kappa shape index (κ1) is 9.39. The number of methoxy groups -OCH3 is 1. The lowest BCUT2D eigenvalue weighted by Gasteiger charge is -2.00. The molecule has 0 bridgehead atoms. The van der Waals surface area contributed by atoms with Crippen LogP contribution in [0.25, 0.3) is 11.0 Å². The molecule has 5 heteroatoms. The van der Waals surface area contributed by atoms with Crippen LogP contribution < -0.4 is 10.5 Å². The summed E-state index contributed by atoms with van der Waals surface area (Å²) in [5, 5.41) is 9.31. The molecule has 0 spiro atoms. The van der Waals surface area contributed by atoms with Gasteiger partial charge in [0.25, 0.3) is 0 Å². The maximum Gasteiger partial charge on any atom is 0.374 e. The van der Waals surface area contributed by atoms with Gasteiger partial charge in [0.05, 0.1) is 18.2 Å².